The van der Waals surface area contributed by atoms with E-state index in [-0.39, 0.29) is 31.8 Å². The molecule has 0 heterocycles. The molecule has 9 aromatic rings. The Balaban J connectivity index is 1.08. The summed E-state index contributed by atoms with van der Waals surface area (Å²) in [5, 5.41) is 3.78. The van der Waals surface area contributed by atoms with Crippen LogP contribution < -0.4 is 31.8 Å². The predicted molar refractivity (Wildman–Crippen MR) is 275 cm³/mol. The van der Waals surface area contributed by atoms with Crippen LogP contribution in [0.2, 0.25) is 0 Å². The van der Waals surface area contributed by atoms with Crippen molar-refractivity contribution in [1.82, 2.24) is 0 Å². The molecular weight excluding hydrogens is 1030 g/mol. The first-order valence-electron chi connectivity index (χ1n) is 22.7. The van der Waals surface area contributed by atoms with Gasteiger partial charge in [0.05, 0.1) is 22.3 Å². The van der Waals surface area contributed by atoms with Crippen molar-refractivity contribution in [2.75, 3.05) is 0 Å². The molecule has 0 spiro atoms. The fourth-order valence-corrected chi connectivity index (χ4v) is 14.4. The maximum atomic E-state index is 15.2. The molecule has 0 aliphatic rings. The maximum Gasteiger partial charge on any atom is 0.416 e. The maximum absolute atomic E-state index is 15.2. The van der Waals surface area contributed by atoms with Crippen LogP contribution in [0.5, 0.6) is 0 Å². The van der Waals surface area contributed by atoms with Gasteiger partial charge in [0.15, 0.2) is 14.3 Å². The second-order valence-electron chi connectivity index (χ2n) is 17.6. The molecular formula is C59H38F12O2P2. The third-order valence-electron chi connectivity index (χ3n) is 13.2. The summed E-state index contributed by atoms with van der Waals surface area (Å²) in [4.78, 5) is 0. The van der Waals surface area contributed by atoms with Gasteiger partial charge in [-0.15, -0.1) is 0 Å². The monoisotopic (exact) mass is 1070 g/mol. The highest BCUT2D eigenvalue weighted by molar-refractivity contribution is 7.85. The molecule has 16 heteroatoms. The normalized spacial score (nSPS) is 13.1. The molecule has 2 nitrogen and oxygen atoms in total. The van der Waals surface area contributed by atoms with Gasteiger partial charge in [0.2, 0.25) is 0 Å². The highest BCUT2D eigenvalue weighted by Gasteiger charge is 2.38. The van der Waals surface area contributed by atoms with Crippen LogP contribution in [-0.4, -0.2) is 0 Å². The largest absolute Gasteiger partial charge is 0.416 e. The summed E-state index contributed by atoms with van der Waals surface area (Å²) >= 11 is 0. The predicted octanol–water partition coefficient (Wildman–Crippen LogP) is 16.0. The minimum atomic E-state index is -4.69. The number of alkyl halides is 12. The lowest BCUT2D eigenvalue weighted by Gasteiger charge is -2.22. The molecule has 0 N–H and O–H groups in total. The van der Waals surface area contributed by atoms with Gasteiger partial charge in [0.1, 0.15) is 0 Å². The quantitative estimate of drug-likeness (QED) is 0.0450. The van der Waals surface area contributed by atoms with E-state index in [2.05, 4.69) is 6.58 Å². The summed E-state index contributed by atoms with van der Waals surface area (Å²) in [6.45, 7) is 5.99. The Morgan fingerprint density at radius 1 is 0.387 bits per heavy atom. The van der Waals surface area contributed by atoms with Crippen LogP contribution in [0.25, 0.3) is 44.3 Å². The number of aryl methyl sites for hydroxylation is 1. The molecule has 0 saturated carbocycles. The lowest BCUT2D eigenvalue weighted by Crippen LogP contribution is -2.26. The Kier molecular flexibility index (Phi) is 13.6. The van der Waals surface area contributed by atoms with Gasteiger partial charge in [-0.25, -0.2) is 0 Å². The standard InChI is InChI=1S/C59H38F12O2P2/c1-3-37(38-8-21-45(22-9-38)74(72,47-25-13-41(14-26-47)56(60,61)62)48-27-15-42(16-28-48)57(63,64)65)34-54-36(2)51-33-12-40(35-55(51)53-7-5-4-6-52(53)54)39-10-23-46(24-11-39)75(73,49-29-17-43(18-30-49)58(66,67)68)50-31-19-44(20-32-50)59(69,70)71/h3-35H,1H2,2H3/b37-34+. The summed E-state index contributed by atoms with van der Waals surface area (Å²) in [7, 11) is -8.07. The van der Waals surface area contributed by atoms with E-state index >= 15 is 9.13 Å². The molecule has 0 aromatic heterocycles. The number of halogens is 12. The minimum Gasteiger partial charge on any atom is -0.309 e. The van der Waals surface area contributed by atoms with E-state index in [1.165, 1.54) is 12.1 Å². The fourth-order valence-electron chi connectivity index (χ4n) is 9.24. The number of hydrogen-bond acceptors (Lipinski definition) is 2. The van der Waals surface area contributed by atoms with Crippen LogP contribution in [0.4, 0.5) is 52.7 Å². The summed E-state index contributed by atoms with van der Waals surface area (Å²) in [5.74, 6) is 0. The molecule has 0 bridgehead atoms. The van der Waals surface area contributed by atoms with Gasteiger partial charge in [-0.1, -0.05) is 146 Å². The van der Waals surface area contributed by atoms with E-state index in [9.17, 15) is 52.7 Å². The Morgan fingerprint density at radius 3 is 1.05 bits per heavy atom. The van der Waals surface area contributed by atoms with Gasteiger partial charge < -0.3 is 9.13 Å². The second-order valence-corrected chi connectivity index (χ2v) is 23.2. The number of rotatable bonds is 10. The van der Waals surface area contributed by atoms with E-state index in [0.717, 1.165) is 135 Å². The zero-order valence-corrected chi connectivity index (χ0v) is 40.8. The van der Waals surface area contributed by atoms with Crippen molar-refractivity contribution in [3.8, 4) is 11.1 Å². The highest BCUT2D eigenvalue weighted by atomic mass is 31.2. The first-order chi connectivity index (χ1) is 35.3. The molecule has 0 aliphatic heterocycles. The highest BCUT2D eigenvalue weighted by Crippen LogP contribution is 2.47. The molecule has 0 unspecified atom stereocenters. The van der Waals surface area contributed by atoms with Gasteiger partial charge in [-0.05, 0) is 123 Å². The topological polar surface area (TPSA) is 34.1 Å². The van der Waals surface area contributed by atoms with Crippen molar-refractivity contribution < 1.29 is 61.8 Å². The van der Waals surface area contributed by atoms with Crippen LogP contribution in [-0.2, 0) is 33.8 Å². The van der Waals surface area contributed by atoms with Crippen LogP contribution in [0, 0.1) is 6.92 Å². The Morgan fingerprint density at radius 2 is 0.707 bits per heavy atom. The molecule has 9 rings (SSSR count). The van der Waals surface area contributed by atoms with Crippen molar-refractivity contribution in [3.05, 3.63) is 240 Å². The van der Waals surface area contributed by atoms with E-state index in [1.807, 2.05) is 55.5 Å². The zero-order valence-electron chi connectivity index (χ0n) is 39.0. The average Bonchev–Trinajstić information content (AvgIpc) is 3.39. The molecule has 0 atom stereocenters. The number of hydrogen-bond donors (Lipinski definition) is 0. The van der Waals surface area contributed by atoms with E-state index in [0.29, 0.717) is 16.7 Å². The van der Waals surface area contributed by atoms with Crippen molar-refractivity contribution in [1.29, 1.82) is 0 Å². The lowest BCUT2D eigenvalue weighted by atomic mass is 9.89. The van der Waals surface area contributed by atoms with Crippen molar-refractivity contribution in [2.45, 2.75) is 31.6 Å². The van der Waals surface area contributed by atoms with E-state index < -0.39 is 61.2 Å². The number of fused-ring (bicyclic) bond motifs is 3. The van der Waals surface area contributed by atoms with Crippen molar-refractivity contribution in [2.24, 2.45) is 0 Å². The van der Waals surface area contributed by atoms with Crippen LogP contribution in [0.3, 0.4) is 0 Å². The first kappa shape index (κ1) is 52.5. The molecule has 0 fully saturated rings. The molecule has 0 saturated heterocycles. The SMILES string of the molecule is C=C/C(=C\c1c(C)c2ccc(-c3ccc(P(=O)(c4ccc(C(F)(F)F)cc4)c4ccc(C(F)(F)F)cc4)cc3)cc2c2ccccc12)c1ccc(P(=O)(c2ccc(C(F)(F)F)cc2)c2ccc(C(F)(F)F)cc2)cc1. The van der Waals surface area contributed by atoms with Gasteiger partial charge in [-0.2, -0.15) is 52.7 Å². The van der Waals surface area contributed by atoms with Gasteiger partial charge in [0.25, 0.3) is 0 Å². The molecule has 9 aromatic carbocycles. The number of allylic oxidation sites excluding steroid dienone is 2. The minimum absolute atomic E-state index is 0.00339. The Hall–Kier alpha value is -7.40. The van der Waals surface area contributed by atoms with E-state index in [4.69, 9.17) is 0 Å². The summed E-state index contributed by atoms with van der Waals surface area (Å²) in [5.41, 5.74) is 0.450. The molecule has 0 radical (unpaired) electrons. The van der Waals surface area contributed by atoms with Crippen LogP contribution in [0.15, 0.2) is 201 Å². The number of benzene rings is 9. The third kappa shape index (κ3) is 10.0. The third-order valence-corrected chi connectivity index (χ3v) is 19.4. The Labute approximate surface area is 422 Å². The molecule has 380 valence electrons. The first-order valence-corrected chi connectivity index (χ1v) is 26.2. The molecule has 0 aliphatic carbocycles. The second kappa shape index (κ2) is 19.4. The summed E-state index contributed by atoms with van der Waals surface area (Å²) in [6, 6.07) is 41.2. The van der Waals surface area contributed by atoms with Crippen LogP contribution in [0.1, 0.15) is 38.9 Å². The Bertz CT molecular complexity index is 3620. The lowest BCUT2D eigenvalue weighted by molar-refractivity contribution is -0.138. The van der Waals surface area contributed by atoms with Gasteiger partial charge in [0, 0.05) is 31.8 Å². The summed E-state index contributed by atoms with van der Waals surface area (Å²) in [6.07, 6.45) is -15.2. The average molecular weight is 1070 g/mol. The van der Waals surface area contributed by atoms with Crippen LogP contribution >= 0.6 is 14.3 Å². The summed E-state index contributed by atoms with van der Waals surface area (Å²) < 4.78 is 193. The van der Waals surface area contributed by atoms with E-state index in [1.54, 1.807) is 42.5 Å². The molecule has 75 heavy (non-hydrogen) atoms. The van der Waals surface area contributed by atoms with Gasteiger partial charge in [-0.3, -0.25) is 0 Å². The van der Waals surface area contributed by atoms with Crippen molar-refractivity contribution in [3.63, 3.8) is 0 Å². The van der Waals surface area contributed by atoms with Gasteiger partial charge >= 0.3 is 24.7 Å². The smallest absolute Gasteiger partial charge is 0.309 e. The zero-order chi connectivity index (χ0) is 53.9. The van der Waals surface area contributed by atoms with Crippen molar-refractivity contribution >= 4 is 79.3 Å². The fraction of sp³-hybridized carbons (Fsp3) is 0.0847. The molecule has 0 amide bonds.